The molecule has 2 aromatic carbocycles. The van der Waals surface area contributed by atoms with E-state index in [2.05, 4.69) is 5.32 Å². The molecule has 1 aliphatic heterocycles. The zero-order valence-electron chi connectivity index (χ0n) is 13.3. The number of carbonyl (C=O) groups excluding carboxylic acids is 2. The average molecular weight is 359 g/mol. The van der Waals surface area contributed by atoms with Gasteiger partial charge in [0.1, 0.15) is 5.70 Å². The average Bonchev–Trinajstić information content (AvgIpc) is 2.86. The van der Waals surface area contributed by atoms with Crippen LogP contribution in [0.1, 0.15) is 11.1 Å². The number of amides is 3. The number of phenols is 1. The van der Waals surface area contributed by atoms with Crippen molar-refractivity contribution in [3.63, 3.8) is 0 Å². The summed E-state index contributed by atoms with van der Waals surface area (Å²) in [5.41, 5.74) is 1.57. The summed E-state index contributed by atoms with van der Waals surface area (Å²) in [4.78, 5) is 25.7. The van der Waals surface area contributed by atoms with Crippen LogP contribution in [0.5, 0.6) is 11.5 Å². The zero-order valence-corrected chi connectivity index (χ0v) is 14.1. The van der Waals surface area contributed by atoms with E-state index in [0.29, 0.717) is 10.6 Å². The van der Waals surface area contributed by atoms with Crippen LogP contribution in [0.2, 0.25) is 5.02 Å². The van der Waals surface area contributed by atoms with Crippen LogP contribution in [0.25, 0.3) is 6.08 Å². The number of hydrogen-bond donors (Lipinski definition) is 2. The van der Waals surface area contributed by atoms with E-state index < -0.39 is 11.9 Å². The number of phenolic OH excluding ortho intramolecular Hbond substituents is 1. The van der Waals surface area contributed by atoms with Crippen LogP contribution < -0.4 is 10.1 Å². The molecule has 7 heteroatoms. The standard InChI is InChI=1S/C18H15ClN2O4/c1-25-16-9-12(4-7-15(16)22)8-14-17(23)21(18(24)20-14)10-11-2-5-13(19)6-3-11/h2-9,22H,10H2,1H3,(H,20,24). The number of carbonyl (C=O) groups is 2. The van der Waals surface area contributed by atoms with Gasteiger partial charge in [-0.3, -0.25) is 9.69 Å². The van der Waals surface area contributed by atoms with Crippen molar-refractivity contribution in [2.75, 3.05) is 7.11 Å². The number of benzene rings is 2. The van der Waals surface area contributed by atoms with Crippen LogP contribution in [0.15, 0.2) is 48.2 Å². The third-order valence-corrected chi connectivity index (χ3v) is 3.98. The summed E-state index contributed by atoms with van der Waals surface area (Å²) in [5, 5.41) is 12.8. The van der Waals surface area contributed by atoms with Crippen molar-refractivity contribution >= 4 is 29.6 Å². The number of nitrogens with zero attached hydrogens (tertiary/aromatic N) is 1. The Balaban J connectivity index is 1.82. The van der Waals surface area contributed by atoms with E-state index in [0.717, 1.165) is 10.5 Å². The molecule has 1 heterocycles. The third-order valence-electron chi connectivity index (χ3n) is 3.73. The van der Waals surface area contributed by atoms with Gasteiger partial charge < -0.3 is 15.2 Å². The Morgan fingerprint density at radius 1 is 1.20 bits per heavy atom. The normalized spacial score (nSPS) is 15.6. The predicted molar refractivity (Wildman–Crippen MR) is 93.2 cm³/mol. The van der Waals surface area contributed by atoms with Gasteiger partial charge in [0.05, 0.1) is 13.7 Å². The lowest BCUT2D eigenvalue weighted by atomic mass is 10.1. The smallest absolute Gasteiger partial charge is 0.329 e. The van der Waals surface area contributed by atoms with Crippen LogP contribution in [0, 0.1) is 0 Å². The fraction of sp³-hybridized carbons (Fsp3) is 0.111. The van der Waals surface area contributed by atoms with Gasteiger partial charge in [-0.2, -0.15) is 0 Å². The zero-order chi connectivity index (χ0) is 18.0. The molecule has 128 valence electrons. The number of urea groups is 1. The summed E-state index contributed by atoms with van der Waals surface area (Å²) in [7, 11) is 1.43. The maximum absolute atomic E-state index is 12.5. The monoisotopic (exact) mass is 358 g/mol. The number of nitrogens with one attached hydrogen (secondary N) is 1. The van der Waals surface area contributed by atoms with Crippen LogP contribution >= 0.6 is 11.6 Å². The topological polar surface area (TPSA) is 78.9 Å². The Morgan fingerprint density at radius 3 is 2.60 bits per heavy atom. The second kappa shape index (κ2) is 6.86. The van der Waals surface area contributed by atoms with Crippen molar-refractivity contribution in [3.05, 3.63) is 64.3 Å². The van der Waals surface area contributed by atoms with Crippen LogP contribution in [0.3, 0.4) is 0 Å². The van der Waals surface area contributed by atoms with Gasteiger partial charge in [0.25, 0.3) is 5.91 Å². The van der Waals surface area contributed by atoms with Gasteiger partial charge in [-0.15, -0.1) is 0 Å². The minimum absolute atomic E-state index is 0.00389. The van der Waals surface area contributed by atoms with Crippen molar-refractivity contribution < 1.29 is 19.4 Å². The van der Waals surface area contributed by atoms with Crippen molar-refractivity contribution in [3.8, 4) is 11.5 Å². The number of halogens is 1. The molecule has 2 aromatic rings. The first-order valence-corrected chi connectivity index (χ1v) is 7.81. The molecule has 0 bridgehead atoms. The fourth-order valence-electron chi connectivity index (χ4n) is 2.44. The molecule has 3 amide bonds. The molecule has 25 heavy (non-hydrogen) atoms. The van der Waals surface area contributed by atoms with Gasteiger partial charge >= 0.3 is 6.03 Å². The molecule has 0 spiro atoms. The van der Waals surface area contributed by atoms with Gasteiger partial charge in [0, 0.05) is 5.02 Å². The minimum Gasteiger partial charge on any atom is -0.504 e. The minimum atomic E-state index is -0.489. The van der Waals surface area contributed by atoms with Gasteiger partial charge in [-0.05, 0) is 41.5 Å². The summed E-state index contributed by atoms with van der Waals surface area (Å²) >= 11 is 5.84. The maximum Gasteiger partial charge on any atom is 0.329 e. The molecule has 0 aliphatic carbocycles. The molecule has 0 atom stereocenters. The predicted octanol–water partition coefficient (Wildman–Crippen LogP) is 3.15. The quantitative estimate of drug-likeness (QED) is 0.650. The van der Waals surface area contributed by atoms with E-state index in [1.807, 2.05) is 0 Å². The molecule has 0 aromatic heterocycles. The first kappa shape index (κ1) is 16.9. The summed E-state index contributed by atoms with van der Waals surface area (Å²) in [6.07, 6.45) is 1.53. The van der Waals surface area contributed by atoms with Crippen molar-refractivity contribution in [2.24, 2.45) is 0 Å². The van der Waals surface area contributed by atoms with Gasteiger partial charge in [-0.25, -0.2) is 4.79 Å². The first-order chi connectivity index (χ1) is 12.0. The summed E-state index contributed by atoms with van der Waals surface area (Å²) in [5.74, 6) is -0.146. The molecule has 1 aliphatic rings. The molecule has 2 N–H and O–H groups in total. The fourth-order valence-corrected chi connectivity index (χ4v) is 2.56. The highest BCUT2D eigenvalue weighted by atomic mass is 35.5. The first-order valence-electron chi connectivity index (χ1n) is 7.44. The molecule has 1 saturated heterocycles. The van der Waals surface area contributed by atoms with E-state index in [4.69, 9.17) is 16.3 Å². The Morgan fingerprint density at radius 2 is 1.92 bits per heavy atom. The van der Waals surface area contributed by atoms with E-state index >= 15 is 0 Å². The number of aromatic hydroxyl groups is 1. The number of imide groups is 1. The maximum atomic E-state index is 12.5. The highest BCUT2D eigenvalue weighted by molar-refractivity contribution is 6.30. The highest BCUT2D eigenvalue weighted by Crippen LogP contribution is 2.27. The highest BCUT2D eigenvalue weighted by Gasteiger charge is 2.33. The van der Waals surface area contributed by atoms with Crippen LogP contribution in [0.4, 0.5) is 4.79 Å². The van der Waals surface area contributed by atoms with Crippen molar-refractivity contribution in [1.29, 1.82) is 0 Å². The molecule has 6 nitrogen and oxygen atoms in total. The SMILES string of the molecule is COc1cc(C=C2NC(=O)N(Cc3ccc(Cl)cc3)C2=O)ccc1O. The lowest BCUT2D eigenvalue weighted by Gasteiger charge is -2.11. The molecular formula is C18H15ClN2O4. The summed E-state index contributed by atoms with van der Waals surface area (Å²) in [6.45, 7) is 0.151. The third kappa shape index (κ3) is 3.59. The van der Waals surface area contributed by atoms with Crippen LogP contribution in [-0.2, 0) is 11.3 Å². The second-order valence-electron chi connectivity index (χ2n) is 5.44. The molecule has 0 saturated carbocycles. The molecule has 1 fully saturated rings. The van der Waals surface area contributed by atoms with E-state index in [1.165, 1.54) is 19.3 Å². The molecule has 0 radical (unpaired) electrons. The lowest BCUT2D eigenvalue weighted by molar-refractivity contribution is -0.123. The van der Waals surface area contributed by atoms with Gasteiger partial charge in [-0.1, -0.05) is 29.8 Å². The van der Waals surface area contributed by atoms with E-state index in [9.17, 15) is 14.7 Å². The molecular weight excluding hydrogens is 344 g/mol. The Kier molecular flexibility index (Phi) is 4.63. The second-order valence-corrected chi connectivity index (χ2v) is 5.87. The van der Waals surface area contributed by atoms with Gasteiger partial charge in [0.15, 0.2) is 11.5 Å². The lowest BCUT2D eigenvalue weighted by Crippen LogP contribution is -2.30. The van der Waals surface area contributed by atoms with Crippen molar-refractivity contribution in [2.45, 2.75) is 6.54 Å². The van der Waals surface area contributed by atoms with Gasteiger partial charge in [0.2, 0.25) is 0 Å². The largest absolute Gasteiger partial charge is 0.504 e. The number of hydrogen-bond acceptors (Lipinski definition) is 4. The molecule has 0 unspecified atom stereocenters. The summed E-state index contributed by atoms with van der Waals surface area (Å²) in [6, 6.07) is 11.1. The number of ether oxygens (including phenoxy) is 1. The molecule has 3 rings (SSSR count). The Labute approximate surface area is 149 Å². The Bertz CT molecular complexity index is 862. The summed E-state index contributed by atoms with van der Waals surface area (Å²) < 4.78 is 5.04. The number of methoxy groups -OCH3 is 1. The van der Waals surface area contributed by atoms with E-state index in [1.54, 1.807) is 36.4 Å². The van der Waals surface area contributed by atoms with E-state index in [-0.39, 0.29) is 23.7 Å². The van der Waals surface area contributed by atoms with Crippen LogP contribution in [-0.4, -0.2) is 29.1 Å². The number of rotatable bonds is 4. The Hall–Kier alpha value is -2.99. The van der Waals surface area contributed by atoms with Crippen molar-refractivity contribution in [1.82, 2.24) is 10.2 Å².